The molecule has 0 saturated heterocycles. The monoisotopic (exact) mass is 466 g/mol. The average molecular weight is 467 g/mol. The first-order valence-electron chi connectivity index (χ1n) is 10.5. The minimum atomic E-state index is -3.90. The summed E-state index contributed by atoms with van der Waals surface area (Å²) < 4.78 is 39.4. The van der Waals surface area contributed by atoms with Gasteiger partial charge in [0.05, 0.1) is 23.7 Å². The molecule has 1 atom stereocenters. The summed E-state index contributed by atoms with van der Waals surface area (Å²) in [6.45, 7) is 4.05. The first-order valence-corrected chi connectivity index (χ1v) is 12.0. The van der Waals surface area contributed by atoms with E-state index in [0.29, 0.717) is 23.7 Å². The third kappa shape index (κ3) is 4.86. The van der Waals surface area contributed by atoms with E-state index in [1.807, 2.05) is 38.1 Å². The van der Waals surface area contributed by atoms with Crippen LogP contribution in [0.1, 0.15) is 16.7 Å². The molecule has 1 aliphatic rings. The highest BCUT2D eigenvalue weighted by Gasteiger charge is 2.37. The number of hydrogen-bond donors (Lipinski definition) is 1. The van der Waals surface area contributed by atoms with Crippen LogP contribution in [0.2, 0.25) is 0 Å². The zero-order chi connectivity index (χ0) is 23.6. The minimum Gasteiger partial charge on any atom is -0.476 e. The fraction of sp³-hybridized carbons (Fsp3) is 0.240. The summed E-state index contributed by atoms with van der Waals surface area (Å²) >= 11 is 0. The molecule has 0 spiro atoms. The highest BCUT2D eigenvalue weighted by Crippen LogP contribution is 2.38. The van der Waals surface area contributed by atoms with Gasteiger partial charge in [-0.3, -0.25) is 9.10 Å². The number of amides is 1. The van der Waals surface area contributed by atoms with Crippen molar-refractivity contribution in [3.8, 4) is 5.75 Å². The lowest BCUT2D eigenvalue weighted by molar-refractivity contribution is -0.122. The van der Waals surface area contributed by atoms with Crippen LogP contribution in [0, 0.1) is 13.8 Å². The zero-order valence-corrected chi connectivity index (χ0v) is 19.6. The lowest BCUT2D eigenvalue weighted by Crippen LogP contribution is -2.48. The van der Waals surface area contributed by atoms with Crippen LogP contribution in [0.25, 0.3) is 0 Å². The number of rotatable bonds is 6. The van der Waals surface area contributed by atoms with Crippen molar-refractivity contribution in [2.75, 3.05) is 23.3 Å². The van der Waals surface area contributed by atoms with Crippen LogP contribution >= 0.6 is 0 Å². The maximum atomic E-state index is 13.5. The average Bonchev–Trinajstić information content (AvgIpc) is 2.79. The fourth-order valence-corrected chi connectivity index (χ4v) is 5.17. The molecule has 0 aliphatic carbocycles. The topological polar surface area (TPSA) is 84.9 Å². The van der Waals surface area contributed by atoms with Gasteiger partial charge in [0.2, 0.25) is 0 Å². The molecule has 1 N–H and O–H groups in total. The molecule has 33 heavy (non-hydrogen) atoms. The second-order valence-corrected chi connectivity index (χ2v) is 9.91. The predicted molar refractivity (Wildman–Crippen MR) is 127 cm³/mol. The van der Waals surface area contributed by atoms with Crippen molar-refractivity contribution in [2.24, 2.45) is 0 Å². The van der Waals surface area contributed by atoms with Gasteiger partial charge < -0.3 is 14.8 Å². The van der Waals surface area contributed by atoms with E-state index >= 15 is 0 Å². The summed E-state index contributed by atoms with van der Waals surface area (Å²) in [4.78, 5) is 13.3. The van der Waals surface area contributed by atoms with Crippen LogP contribution in [0.4, 0.5) is 11.4 Å². The van der Waals surface area contributed by atoms with Crippen molar-refractivity contribution in [3.05, 3.63) is 83.4 Å². The normalized spacial score (nSPS) is 15.5. The van der Waals surface area contributed by atoms with Gasteiger partial charge in [-0.1, -0.05) is 35.9 Å². The number of methoxy groups -OCH3 is 1. The van der Waals surface area contributed by atoms with Gasteiger partial charge in [-0.05, 0) is 61.4 Å². The van der Waals surface area contributed by atoms with E-state index < -0.39 is 22.0 Å². The number of carbonyl (C=O) groups is 1. The summed E-state index contributed by atoms with van der Waals surface area (Å²) in [6.07, 6.45) is -1.02. The van der Waals surface area contributed by atoms with Gasteiger partial charge in [-0.15, -0.1) is 0 Å². The van der Waals surface area contributed by atoms with Crippen LogP contribution < -0.4 is 14.4 Å². The van der Waals surface area contributed by atoms with E-state index in [1.54, 1.807) is 49.6 Å². The second-order valence-electron chi connectivity index (χ2n) is 8.05. The molecule has 172 valence electrons. The van der Waals surface area contributed by atoms with Crippen LogP contribution in [0.5, 0.6) is 5.75 Å². The third-order valence-electron chi connectivity index (χ3n) is 5.39. The second kappa shape index (κ2) is 9.25. The SMILES string of the molecule is COCc1cccc(NC(=O)[C@@H]2CN(S(=O)(=O)c3ccc(C)cc3)c3ccc(C)cc3O2)c1. The maximum absolute atomic E-state index is 13.5. The number of sulfonamides is 1. The molecule has 3 aromatic carbocycles. The van der Waals surface area contributed by atoms with Crippen LogP contribution in [-0.4, -0.2) is 34.1 Å². The largest absolute Gasteiger partial charge is 0.476 e. The van der Waals surface area contributed by atoms with E-state index in [0.717, 1.165) is 16.7 Å². The van der Waals surface area contributed by atoms with Crippen molar-refractivity contribution in [1.82, 2.24) is 0 Å². The summed E-state index contributed by atoms with van der Waals surface area (Å²) in [5, 5.41) is 2.83. The summed E-state index contributed by atoms with van der Waals surface area (Å²) in [5.74, 6) is -0.0777. The van der Waals surface area contributed by atoms with Crippen molar-refractivity contribution in [2.45, 2.75) is 31.5 Å². The molecular weight excluding hydrogens is 440 g/mol. The van der Waals surface area contributed by atoms with Crippen LogP contribution in [0.15, 0.2) is 71.6 Å². The number of anilines is 2. The van der Waals surface area contributed by atoms with Crippen molar-refractivity contribution < 1.29 is 22.7 Å². The number of nitrogens with one attached hydrogen (secondary N) is 1. The van der Waals surface area contributed by atoms with Gasteiger partial charge in [0.25, 0.3) is 15.9 Å². The summed E-state index contributed by atoms with van der Waals surface area (Å²) in [7, 11) is -2.30. The smallest absolute Gasteiger partial charge is 0.267 e. The minimum absolute atomic E-state index is 0.143. The van der Waals surface area contributed by atoms with E-state index in [1.165, 1.54) is 4.31 Å². The molecule has 1 aliphatic heterocycles. The highest BCUT2D eigenvalue weighted by atomic mass is 32.2. The Hall–Kier alpha value is -3.36. The Morgan fingerprint density at radius 2 is 1.79 bits per heavy atom. The Balaban J connectivity index is 1.65. The van der Waals surface area contributed by atoms with Gasteiger partial charge in [-0.2, -0.15) is 0 Å². The standard InChI is InChI=1S/C25H26N2O5S/c1-17-7-10-21(11-8-17)33(29,30)27-15-24(32-23-13-18(2)9-12-22(23)27)25(28)26-20-6-4-5-19(14-20)16-31-3/h4-14,24H,15-16H2,1-3H3,(H,26,28)/t24-/m0/s1. The molecule has 8 heteroatoms. The van der Waals surface area contributed by atoms with Crippen LogP contribution in [-0.2, 0) is 26.2 Å². The van der Waals surface area contributed by atoms with Crippen LogP contribution in [0.3, 0.4) is 0 Å². The van der Waals surface area contributed by atoms with Crippen molar-refractivity contribution >= 4 is 27.3 Å². The lowest BCUT2D eigenvalue weighted by Gasteiger charge is -2.35. The third-order valence-corrected chi connectivity index (χ3v) is 7.19. The fourth-order valence-electron chi connectivity index (χ4n) is 3.69. The van der Waals surface area contributed by atoms with Crippen molar-refractivity contribution in [1.29, 1.82) is 0 Å². The van der Waals surface area contributed by atoms with E-state index in [-0.39, 0.29) is 11.4 Å². The number of benzene rings is 3. The number of hydrogen-bond acceptors (Lipinski definition) is 5. The Bertz CT molecular complexity index is 1270. The lowest BCUT2D eigenvalue weighted by atomic mass is 10.1. The highest BCUT2D eigenvalue weighted by molar-refractivity contribution is 7.92. The van der Waals surface area contributed by atoms with Gasteiger partial charge in [0.1, 0.15) is 5.75 Å². The Morgan fingerprint density at radius 3 is 2.52 bits per heavy atom. The maximum Gasteiger partial charge on any atom is 0.267 e. The summed E-state index contributed by atoms with van der Waals surface area (Å²) in [5.41, 5.74) is 3.76. The van der Waals surface area contributed by atoms with Gasteiger partial charge in [0, 0.05) is 12.8 Å². The van der Waals surface area contributed by atoms with Gasteiger partial charge >= 0.3 is 0 Å². The number of aryl methyl sites for hydroxylation is 2. The van der Waals surface area contributed by atoms with Crippen molar-refractivity contribution in [3.63, 3.8) is 0 Å². The number of nitrogens with zero attached hydrogens (tertiary/aromatic N) is 1. The predicted octanol–water partition coefficient (Wildman–Crippen LogP) is 4.04. The molecule has 0 radical (unpaired) electrons. The molecule has 0 aromatic heterocycles. The van der Waals surface area contributed by atoms with E-state index in [9.17, 15) is 13.2 Å². The molecule has 4 rings (SSSR count). The molecule has 0 saturated carbocycles. The van der Waals surface area contributed by atoms with Gasteiger partial charge in [-0.25, -0.2) is 8.42 Å². The van der Waals surface area contributed by atoms with E-state index in [2.05, 4.69) is 5.32 Å². The molecular formula is C25H26N2O5S. The van der Waals surface area contributed by atoms with E-state index in [4.69, 9.17) is 9.47 Å². The Kier molecular flexibility index (Phi) is 6.40. The molecule has 0 fully saturated rings. The first-order chi connectivity index (χ1) is 15.8. The summed E-state index contributed by atoms with van der Waals surface area (Å²) in [6, 6.07) is 19.2. The quantitative estimate of drug-likeness (QED) is 0.593. The number of fused-ring (bicyclic) bond motifs is 1. The molecule has 0 unspecified atom stereocenters. The molecule has 7 nitrogen and oxygen atoms in total. The Labute approximate surface area is 194 Å². The molecule has 1 heterocycles. The first kappa shape index (κ1) is 22.8. The number of ether oxygens (including phenoxy) is 2. The molecule has 1 amide bonds. The molecule has 3 aromatic rings. The zero-order valence-electron chi connectivity index (χ0n) is 18.7. The van der Waals surface area contributed by atoms with Gasteiger partial charge in [0.15, 0.2) is 6.10 Å². The Morgan fingerprint density at radius 1 is 1.06 bits per heavy atom. The molecule has 0 bridgehead atoms. The number of carbonyl (C=O) groups excluding carboxylic acids is 1.